The van der Waals surface area contributed by atoms with E-state index in [0.29, 0.717) is 5.69 Å². The molecule has 0 aliphatic heterocycles. The molecule has 4 nitrogen and oxygen atoms in total. The molecule has 0 unspecified atom stereocenters. The summed E-state index contributed by atoms with van der Waals surface area (Å²) < 4.78 is 25.4. The van der Waals surface area contributed by atoms with Crippen molar-refractivity contribution in [3.8, 4) is 0 Å². The summed E-state index contributed by atoms with van der Waals surface area (Å²) in [6.45, 7) is 0. The first-order valence-corrected chi connectivity index (χ1v) is 6.63. The van der Waals surface area contributed by atoms with E-state index in [1.807, 2.05) is 6.07 Å². The molecule has 2 rings (SSSR count). The lowest BCUT2D eigenvalue weighted by atomic mass is 10.3. The van der Waals surface area contributed by atoms with Crippen molar-refractivity contribution in [3.05, 3.63) is 23.7 Å². The number of thiazole rings is 1. The Morgan fingerprint density at radius 3 is 2.93 bits per heavy atom. The predicted octanol–water partition coefficient (Wildman–Crippen LogP) is 1.67. The molecule has 1 heterocycles. The van der Waals surface area contributed by atoms with E-state index in [-0.39, 0.29) is 0 Å². The Morgan fingerprint density at radius 1 is 1.43 bits per heavy atom. The molecule has 0 amide bonds. The quantitative estimate of drug-likeness (QED) is 0.850. The molecule has 0 aliphatic carbocycles. The first-order chi connectivity index (χ1) is 6.56. The van der Waals surface area contributed by atoms with Gasteiger partial charge in [-0.05, 0) is 12.1 Å². The summed E-state index contributed by atoms with van der Waals surface area (Å²) >= 11 is 1.42. The second-order valence-electron chi connectivity index (χ2n) is 2.88. The van der Waals surface area contributed by atoms with Crippen molar-refractivity contribution >= 4 is 37.3 Å². The van der Waals surface area contributed by atoms with Gasteiger partial charge in [0, 0.05) is 0 Å². The number of aromatic nitrogens is 1. The van der Waals surface area contributed by atoms with Crippen LogP contribution in [0.25, 0.3) is 10.2 Å². The maximum absolute atomic E-state index is 11.0. The fraction of sp³-hybridized carbons (Fsp3) is 0.125. The van der Waals surface area contributed by atoms with Crippen LogP contribution in [0.15, 0.2) is 23.7 Å². The number of rotatable bonds is 2. The first-order valence-electron chi connectivity index (χ1n) is 3.86. The van der Waals surface area contributed by atoms with E-state index in [2.05, 4.69) is 9.71 Å². The van der Waals surface area contributed by atoms with Gasteiger partial charge in [0.05, 0.1) is 27.7 Å². The predicted molar refractivity (Wildman–Crippen MR) is 58.1 cm³/mol. The molecule has 0 bridgehead atoms. The average Bonchev–Trinajstić information content (AvgIpc) is 2.49. The van der Waals surface area contributed by atoms with Crippen molar-refractivity contribution in [2.45, 2.75) is 0 Å². The Morgan fingerprint density at radius 2 is 2.21 bits per heavy atom. The topological polar surface area (TPSA) is 59.1 Å². The molecule has 0 atom stereocenters. The number of hydrogen-bond donors (Lipinski definition) is 1. The summed E-state index contributed by atoms with van der Waals surface area (Å²) in [6.07, 6.45) is 1.13. The molecule has 1 N–H and O–H groups in total. The third kappa shape index (κ3) is 1.85. The van der Waals surface area contributed by atoms with E-state index >= 15 is 0 Å². The Labute approximate surface area is 85.6 Å². The Bertz CT molecular complexity index is 559. The normalized spacial score (nSPS) is 11.8. The van der Waals surface area contributed by atoms with Crippen molar-refractivity contribution < 1.29 is 8.42 Å². The number of benzene rings is 1. The highest BCUT2D eigenvalue weighted by Crippen LogP contribution is 2.26. The Hall–Kier alpha value is -1.14. The van der Waals surface area contributed by atoms with Crippen LogP contribution in [-0.2, 0) is 10.0 Å². The minimum absolute atomic E-state index is 0.590. The van der Waals surface area contributed by atoms with E-state index in [9.17, 15) is 8.42 Å². The van der Waals surface area contributed by atoms with Gasteiger partial charge in [0.1, 0.15) is 0 Å². The smallest absolute Gasteiger partial charge is 0.229 e. The SMILES string of the molecule is CS(=O)(=O)Nc1cccc2ncsc12. The molecule has 0 saturated heterocycles. The van der Waals surface area contributed by atoms with Gasteiger partial charge < -0.3 is 0 Å². The van der Waals surface area contributed by atoms with Crippen LogP contribution < -0.4 is 4.72 Å². The number of nitrogens with one attached hydrogen (secondary N) is 1. The van der Waals surface area contributed by atoms with Crippen molar-refractivity contribution in [1.82, 2.24) is 4.98 Å². The number of sulfonamides is 1. The van der Waals surface area contributed by atoms with Crippen molar-refractivity contribution in [2.75, 3.05) is 11.0 Å². The summed E-state index contributed by atoms with van der Waals surface area (Å²) in [6, 6.07) is 5.34. The zero-order valence-corrected chi connectivity index (χ0v) is 9.02. The molecule has 0 spiro atoms. The summed E-state index contributed by atoms with van der Waals surface area (Å²) in [5, 5.41) is 0. The van der Waals surface area contributed by atoms with Gasteiger partial charge in [-0.15, -0.1) is 11.3 Å². The molecule has 74 valence electrons. The van der Waals surface area contributed by atoms with Crippen LogP contribution in [0.3, 0.4) is 0 Å². The first kappa shape index (κ1) is 9.42. The van der Waals surface area contributed by atoms with Gasteiger partial charge in [-0.25, -0.2) is 13.4 Å². The third-order valence-electron chi connectivity index (χ3n) is 1.65. The Balaban J connectivity index is 2.57. The van der Waals surface area contributed by atoms with Crippen LogP contribution in [0.1, 0.15) is 0 Å². The van der Waals surface area contributed by atoms with E-state index in [0.717, 1.165) is 16.5 Å². The molecule has 14 heavy (non-hydrogen) atoms. The summed E-state index contributed by atoms with van der Waals surface area (Å²) in [4.78, 5) is 4.09. The number of fused-ring (bicyclic) bond motifs is 1. The molecule has 0 aliphatic rings. The summed E-state index contributed by atoms with van der Waals surface area (Å²) in [5.41, 5.74) is 3.09. The summed E-state index contributed by atoms with van der Waals surface area (Å²) in [5.74, 6) is 0. The van der Waals surface area contributed by atoms with Crippen LogP contribution in [0, 0.1) is 0 Å². The zero-order valence-electron chi connectivity index (χ0n) is 7.39. The maximum Gasteiger partial charge on any atom is 0.229 e. The third-order valence-corrected chi connectivity index (χ3v) is 3.12. The van der Waals surface area contributed by atoms with Crippen molar-refractivity contribution in [2.24, 2.45) is 0 Å². The van der Waals surface area contributed by atoms with Gasteiger partial charge in [0.2, 0.25) is 10.0 Å². The minimum Gasteiger partial charge on any atom is -0.282 e. The molecule has 0 radical (unpaired) electrons. The van der Waals surface area contributed by atoms with Gasteiger partial charge in [0.15, 0.2) is 0 Å². The van der Waals surface area contributed by atoms with Gasteiger partial charge in [-0.3, -0.25) is 4.72 Å². The Kier molecular flexibility index (Phi) is 2.16. The lowest BCUT2D eigenvalue weighted by molar-refractivity contribution is 0.607. The van der Waals surface area contributed by atoms with Gasteiger partial charge in [0.25, 0.3) is 0 Å². The van der Waals surface area contributed by atoms with Crippen molar-refractivity contribution in [1.29, 1.82) is 0 Å². The van der Waals surface area contributed by atoms with Crippen LogP contribution in [-0.4, -0.2) is 19.7 Å². The maximum atomic E-state index is 11.0. The molecule has 6 heteroatoms. The second kappa shape index (κ2) is 3.21. The molecular weight excluding hydrogens is 220 g/mol. The second-order valence-corrected chi connectivity index (χ2v) is 5.48. The number of anilines is 1. The van der Waals surface area contributed by atoms with Crippen LogP contribution >= 0.6 is 11.3 Å². The molecule has 1 aromatic heterocycles. The standard InChI is InChI=1S/C8H8N2O2S2/c1-14(11,12)10-7-4-2-3-6-8(7)13-5-9-6/h2-5,10H,1H3. The largest absolute Gasteiger partial charge is 0.282 e. The summed E-state index contributed by atoms with van der Waals surface area (Å²) in [7, 11) is -3.22. The van der Waals surface area contributed by atoms with Crippen LogP contribution in [0.2, 0.25) is 0 Å². The highest BCUT2D eigenvalue weighted by atomic mass is 32.2. The van der Waals surface area contributed by atoms with E-state index in [1.54, 1.807) is 17.6 Å². The van der Waals surface area contributed by atoms with E-state index in [4.69, 9.17) is 0 Å². The number of hydrogen-bond acceptors (Lipinski definition) is 4. The van der Waals surface area contributed by atoms with Crippen LogP contribution in [0.5, 0.6) is 0 Å². The van der Waals surface area contributed by atoms with Crippen molar-refractivity contribution in [3.63, 3.8) is 0 Å². The van der Waals surface area contributed by atoms with Crippen LogP contribution in [0.4, 0.5) is 5.69 Å². The van der Waals surface area contributed by atoms with E-state index in [1.165, 1.54) is 11.3 Å². The van der Waals surface area contributed by atoms with Gasteiger partial charge in [-0.2, -0.15) is 0 Å². The molecular formula is C8H8N2O2S2. The highest BCUT2D eigenvalue weighted by molar-refractivity contribution is 7.92. The molecule has 2 aromatic rings. The van der Waals surface area contributed by atoms with Gasteiger partial charge >= 0.3 is 0 Å². The zero-order chi connectivity index (χ0) is 10.2. The van der Waals surface area contributed by atoms with Gasteiger partial charge in [-0.1, -0.05) is 6.07 Å². The van der Waals surface area contributed by atoms with E-state index < -0.39 is 10.0 Å². The monoisotopic (exact) mass is 228 g/mol. The molecule has 1 aromatic carbocycles. The highest BCUT2D eigenvalue weighted by Gasteiger charge is 2.06. The fourth-order valence-corrected chi connectivity index (χ4v) is 2.56. The average molecular weight is 228 g/mol. The minimum atomic E-state index is -3.22. The fourth-order valence-electron chi connectivity index (χ4n) is 1.17. The lowest BCUT2D eigenvalue weighted by Crippen LogP contribution is -2.09. The molecule has 0 saturated carbocycles. The number of nitrogens with zero attached hydrogens (tertiary/aromatic N) is 1. The lowest BCUT2D eigenvalue weighted by Gasteiger charge is -2.03. The molecule has 0 fully saturated rings.